The van der Waals surface area contributed by atoms with Crippen LogP contribution in [0.2, 0.25) is 0 Å². The first-order chi connectivity index (χ1) is 8.41. The second-order valence-electron chi connectivity index (χ2n) is 3.86. The van der Waals surface area contributed by atoms with Crippen molar-refractivity contribution >= 4 is 39.5 Å². The monoisotopic (exact) mass is 332 g/mol. The van der Waals surface area contributed by atoms with Crippen LogP contribution in [-0.2, 0) is 11.3 Å². The lowest BCUT2D eigenvalue weighted by atomic mass is 10.2. The maximum Gasteiger partial charge on any atom is 0.324 e. The van der Waals surface area contributed by atoms with Gasteiger partial charge in [0.2, 0.25) is 5.91 Å². The molecule has 0 aliphatic heterocycles. The molecule has 1 unspecified atom stereocenters. The van der Waals surface area contributed by atoms with Crippen molar-refractivity contribution in [3.8, 4) is 0 Å². The van der Waals surface area contributed by atoms with Gasteiger partial charge in [0.1, 0.15) is 5.38 Å². The predicted molar refractivity (Wildman–Crippen MR) is 74.5 cm³/mol. The Bertz CT molecular complexity index is 451. The molecule has 18 heavy (non-hydrogen) atoms. The summed E-state index contributed by atoms with van der Waals surface area (Å²) in [6, 6.07) is 7.11. The summed E-state index contributed by atoms with van der Waals surface area (Å²) < 4.78 is 0.918. The number of urea groups is 1. The van der Waals surface area contributed by atoms with Gasteiger partial charge < -0.3 is 4.90 Å². The summed E-state index contributed by atoms with van der Waals surface area (Å²) in [5.41, 5.74) is 0.960. The zero-order valence-electron chi connectivity index (χ0n) is 10.1. The summed E-state index contributed by atoms with van der Waals surface area (Å²) >= 11 is 8.97. The lowest BCUT2D eigenvalue weighted by Crippen LogP contribution is -2.42. The molecule has 0 spiro atoms. The minimum absolute atomic E-state index is 0.400. The molecule has 0 aliphatic rings. The summed E-state index contributed by atoms with van der Waals surface area (Å²) in [4.78, 5) is 24.4. The number of carbonyl (C=O) groups is 2. The minimum atomic E-state index is -0.731. The SMILES string of the molecule is CC(Cl)C(=O)NC(=O)N(C)Cc1ccccc1Br. The van der Waals surface area contributed by atoms with Gasteiger partial charge in [-0.05, 0) is 18.6 Å². The van der Waals surface area contributed by atoms with Gasteiger partial charge in [0.15, 0.2) is 0 Å². The number of hydrogen-bond acceptors (Lipinski definition) is 2. The molecule has 1 atom stereocenters. The molecule has 1 aromatic carbocycles. The Morgan fingerprint density at radius 1 is 1.44 bits per heavy atom. The van der Waals surface area contributed by atoms with Crippen LogP contribution in [-0.4, -0.2) is 29.3 Å². The van der Waals surface area contributed by atoms with Gasteiger partial charge in [0.25, 0.3) is 0 Å². The minimum Gasteiger partial charge on any atom is -0.323 e. The van der Waals surface area contributed by atoms with Crippen molar-refractivity contribution in [1.82, 2.24) is 10.2 Å². The second-order valence-corrected chi connectivity index (χ2v) is 5.37. The molecule has 6 heteroatoms. The van der Waals surface area contributed by atoms with Crippen LogP contribution in [0.3, 0.4) is 0 Å². The molecule has 0 radical (unpaired) electrons. The first-order valence-corrected chi connectivity index (χ1v) is 6.58. The highest BCUT2D eigenvalue weighted by molar-refractivity contribution is 9.10. The summed E-state index contributed by atoms with van der Waals surface area (Å²) in [5, 5.41) is 1.49. The van der Waals surface area contributed by atoms with Gasteiger partial charge in [-0.3, -0.25) is 10.1 Å². The molecular formula is C12H14BrClN2O2. The fourth-order valence-electron chi connectivity index (χ4n) is 1.25. The number of nitrogens with zero attached hydrogens (tertiary/aromatic N) is 1. The van der Waals surface area contributed by atoms with E-state index in [1.54, 1.807) is 7.05 Å². The van der Waals surface area contributed by atoms with Crippen LogP contribution in [0.25, 0.3) is 0 Å². The zero-order chi connectivity index (χ0) is 13.7. The van der Waals surface area contributed by atoms with E-state index >= 15 is 0 Å². The van der Waals surface area contributed by atoms with E-state index in [0.29, 0.717) is 6.54 Å². The highest BCUT2D eigenvalue weighted by atomic mass is 79.9. The molecule has 1 rings (SSSR count). The average molecular weight is 334 g/mol. The van der Waals surface area contributed by atoms with Gasteiger partial charge in [0.05, 0.1) is 0 Å². The van der Waals surface area contributed by atoms with Crippen LogP contribution >= 0.6 is 27.5 Å². The lowest BCUT2D eigenvalue weighted by Gasteiger charge is -2.18. The van der Waals surface area contributed by atoms with Gasteiger partial charge in [-0.1, -0.05) is 34.1 Å². The lowest BCUT2D eigenvalue weighted by molar-refractivity contribution is -0.119. The number of rotatable bonds is 3. The van der Waals surface area contributed by atoms with Crippen LogP contribution in [0.4, 0.5) is 4.79 Å². The largest absolute Gasteiger partial charge is 0.324 e. The molecule has 0 aliphatic carbocycles. The number of imide groups is 1. The van der Waals surface area contributed by atoms with E-state index in [9.17, 15) is 9.59 Å². The third-order valence-electron chi connectivity index (χ3n) is 2.30. The molecule has 0 saturated carbocycles. The number of nitrogens with one attached hydrogen (secondary N) is 1. The molecule has 0 aromatic heterocycles. The first-order valence-electron chi connectivity index (χ1n) is 5.35. The third-order valence-corrected chi connectivity index (χ3v) is 3.28. The molecule has 0 fully saturated rings. The van der Waals surface area contributed by atoms with E-state index in [-0.39, 0.29) is 0 Å². The molecule has 1 aromatic rings. The zero-order valence-corrected chi connectivity index (χ0v) is 12.5. The Morgan fingerprint density at radius 2 is 2.06 bits per heavy atom. The van der Waals surface area contributed by atoms with E-state index in [1.165, 1.54) is 11.8 Å². The van der Waals surface area contributed by atoms with Gasteiger partial charge in [-0.25, -0.2) is 4.79 Å². The number of hydrogen-bond donors (Lipinski definition) is 1. The van der Waals surface area contributed by atoms with Crippen molar-refractivity contribution in [2.45, 2.75) is 18.8 Å². The van der Waals surface area contributed by atoms with E-state index in [0.717, 1.165) is 10.0 Å². The Morgan fingerprint density at radius 3 is 2.61 bits per heavy atom. The highest BCUT2D eigenvalue weighted by Gasteiger charge is 2.16. The molecule has 1 N–H and O–H groups in total. The molecule has 4 nitrogen and oxygen atoms in total. The van der Waals surface area contributed by atoms with Crippen molar-refractivity contribution in [3.63, 3.8) is 0 Å². The number of benzene rings is 1. The van der Waals surface area contributed by atoms with Crippen molar-refractivity contribution < 1.29 is 9.59 Å². The van der Waals surface area contributed by atoms with E-state index < -0.39 is 17.3 Å². The van der Waals surface area contributed by atoms with Gasteiger partial charge >= 0.3 is 6.03 Å². The second kappa shape index (κ2) is 6.75. The van der Waals surface area contributed by atoms with Crippen LogP contribution < -0.4 is 5.32 Å². The normalized spacial score (nSPS) is 11.8. The molecule has 0 heterocycles. The van der Waals surface area contributed by atoms with Crippen LogP contribution in [0.5, 0.6) is 0 Å². The van der Waals surface area contributed by atoms with E-state index in [2.05, 4.69) is 21.2 Å². The summed E-state index contributed by atoms with van der Waals surface area (Å²) in [7, 11) is 1.61. The maximum absolute atomic E-state index is 11.7. The van der Waals surface area contributed by atoms with Crippen LogP contribution in [0.1, 0.15) is 12.5 Å². The molecule has 0 saturated heterocycles. The van der Waals surface area contributed by atoms with Crippen LogP contribution in [0.15, 0.2) is 28.7 Å². The Balaban J connectivity index is 2.61. The third kappa shape index (κ3) is 4.31. The van der Waals surface area contributed by atoms with Crippen LogP contribution in [0, 0.1) is 0 Å². The standard InChI is InChI=1S/C12H14BrClN2O2/c1-8(14)11(17)15-12(18)16(2)7-9-5-3-4-6-10(9)13/h3-6,8H,7H2,1-2H3,(H,15,17,18). The van der Waals surface area contributed by atoms with Gasteiger partial charge in [-0.15, -0.1) is 11.6 Å². The number of halogens is 2. The smallest absolute Gasteiger partial charge is 0.323 e. The number of amides is 3. The quantitative estimate of drug-likeness (QED) is 0.865. The first kappa shape index (κ1) is 15.0. The molecule has 3 amide bonds. The molecular weight excluding hydrogens is 320 g/mol. The summed E-state index contributed by atoms with van der Waals surface area (Å²) in [6.07, 6.45) is 0. The fourth-order valence-corrected chi connectivity index (χ4v) is 1.72. The Labute approximate surface area is 119 Å². The highest BCUT2D eigenvalue weighted by Crippen LogP contribution is 2.17. The van der Waals surface area contributed by atoms with Crippen molar-refractivity contribution in [1.29, 1.82) is 0 Å². The van der Waals surface area contributed by atoms with Crippen molar-refractivity contribution in [3.05, 3.63) is 34.3 Å². The topological polar surface area (TPSA) is 49.4 Å². The van der Waals surface area contributed by atoms with Gasteiger partial charge in [0, 0.05) is 18.1 Å². The van der Waals surface area contributed by atoms with Crippen molar-refractivity contribution in [2.75, 3.05) is 7.05 Å². The maximum atomic E-state index is 11.7. The Kier molecular flexibility index (Phi) is 5.62. The molecule has 98 valence electrons. The number of alkyl halides is 1. The van der Waals surface area contributed by atoms with Gasteiger partial charge in [-0.2, -0.15) is 0 Å². The summed E-state index contributed by atoms with van der Waals surface area (Å²) in [5.74, 6) is -0.499. The van der Waals surface area contributed by atoms with E-state index in [1.807, 2.05) is 24.3 Å². The summed E-state index contributed by atoms with van der Waals surface area (Å²) in [6.45, 7) is 1.91. The predicted octanol–water partition coefficient (Wildman–Crippen LogP) is 2.74. The Hall–Kier alpha value is -1.07. The average Bonchev–Trinajstić information content (AvgIpc) is 2.31. The molecule has 0 bridgehead atoms. The fraction of sp³-hybridized carbons (Fsp3) is 0.333. The number of carbonyl (C=O) groups excluding carboxylic acids is 2. The van der Waals surface area contributed by atoms with E-state index in [4.69, 9.17) is 11.6 Å². The van der Waals surface area contributed by atoms with Crippen molar-refractivity contribution in [2.24, 2.45) is 0 Å².